The van der Waals surface area contributed by atoms with E-state index in [9.17, 15) is 18.7 Å². The maximum absolute atomic E-state index is 13.5. The number of halogens is 3. The van der Waals surface area contributed by atoms with Crippen molar-refractivity contribution >= 4 is 29.1 Å². The van der Waals surface area contributed by atoms with Crippen LogP contribution in [-0.4, -0.2) is 41.5 Å². The molecule has 2 aliphatic rings. The molecule has 1 aliphatic carbocycles. The predicted octanol–water partition coefficient (Wildman–Crippen LogP) is 5.47. The molecule has 0 radical (unpaired) electrons. The Labute approximate surface area is 178 Å². The van der Waals surface area contributed by atoms with E-state index in [4.69, 9.17) is 16.3 Å². The summed E-state index contributed by atoms with van der Waals surface area (Å²) in [6.45, 7) is 3.45. The quantitative estimate of drug-likeness (QED) is 0.447. The number of allylic oxidation sites excluding steroid dienone is 2. The van der Waals surface area contributed by atoms with Gasteiger partial charge >= 0.3 is 0 Å². The average molecular weight is 444 g/mol. The number of ether oxygens (including phenoxy) is 1. The second kappa shape index (κ2) is 8.66. The molecule has 1 unspecified atom stereocenters. The second-order valence-electron chi connectivity index (χ2n) is 7.56. The normalized spacial score (nSPS) is 21.0. The number of rotatable bonds is 7. The highest BCUT2D eigenvalue weighted by Gasteiger charge is 2.44. The second-order valence-corrected chi connectivity index (χ2v) is 9.03. The van der Waals surface area contributed by atoms with Crippen molar-refractivity contribution in [1.82, 2.24) is 4.90 Å². The summed E-state index contributed by atoms with van der Waals surface area (Å²) in [7, 11) is 1.46. The summed E-state index contributed by atoms with van der Waals surface area (Å²) in [6.07, 6.45) is 1.76. The molecule has 29 heavy (non-hydrogen) atoms. The SMILES string of the molecule is COc1ccc(Cl)cc1C(=O)/C=C1\SC(C(C)(O)C(F)F)=C(C)N1CC1CCC1. The number of carbonyl (C=O) groups is 1. The third-order valence-corrected chi connectivity index (χ3v) is 7.13. The van der Waals surface area contributed by atoms with Crippen LogP contribution >= 0.6 is 23.4 Å². The molecular weight excluding hydrogens is 420 g/mol. The summed E-state index contributed by atoms with van der Waals surface area (Å²) >= 11 is 7.05. The van der Waals surface area contributed by atoms with Crippen LogP contribution in [0.3, 0.4) is 0 Å². The molecule has 0 aromatic heterocycles. The zero-order valence-electron chi connectivity index (χ0n) is 16.5. The molecule has 3 rings (SSSR count). The maximum atomic E-state index is 13.5. The van der Waals surface area contributed by atoms with Crippen LogP contribution in [0.5, 0.6) is 5.75 Å². The summed E-state index contributed by atoms with van der Waals surface area (Å²) in [4.78, 5) is 15.0. The number of carbonyl (C=O) groups excluding carboxylic acids is 1. The zero-order valence-corrected chi connectivity index (χ0v) is 18.1. The van der Waals surface area contributed by atoms with Crippen molar-refractivity contribution in [3.8, 4) is 5.75 Å². The van der Waals surface area contributed by atoms with E-state index in [1.165, 1.54) is 19.3 Å². The summed E-state index contributed by atoms with van der Waals surface area (Å²) in [5, 5.41) is 11.3. The third kappa shape index (κ3) is 4.47. The van der Waals surface area contributed by atoms with Crippen molar-refractivity contribution in [3.05, 3.63) is 50.5 Å². The van der Waals surface area contributed by atoms with Gasteiger partial charge in [0.1, 0.15) is 5.75 Å². The smallest absolute Gasteiger partial charge is 0.271 e. The highest BCUT2D eigenvalue weighted by molar-refractivity contribution is 8.07. The standard InChI is InChI=1S/C21H24ClF2NO3S/c1-12-19(21(2,27)20(23)24)29-18(25(12)11-13-5-4-6-13)10-16(26)15-9-14(22)7-8-17(15)28-3/h7-10,13,20,27H,4-6,11H2,1-3H3/b18-10-. The molecule has 1 heterocycles. The molecule has 0 saturated heterocycles. The van der Waals surface area contributed by atoms with Crippen LogP contribution in [-0.2, 0) is 0 Å². The Morgan fingerprint density at radius 3 is 2.72 bits per heavy atom. The minimum atomic E-state index is -2.94. The van der Waals surface area contributed by atoms with Gasteiger partial charge in [0.15, 0.2) is 11.4 Å². The van der Waals surface area contributed by atoms with Gasteiger partial charge in [-0.15, -0.1) is 0 Å². The lowest BCUT2D eigenvalue weighted by atomic mass is 9.85. The van der Waals surface area contributed by atoms with Gasteiger partial charge in [0.2, 0.25) is 0 Å². The Hall–Kier alpha value is -1.57. The van der Waals surface area contributed by atoms with Gasteiger partial charge in [0, 0.05) is 28.2 Å². The van der Waals surface area contributed by atoms with Gasteiger partial charge in [-0.05, 0) is 50.8 Å². The number of benzene rings is 1. The van der Waals surface area contributed by atoms with Gasteiger partial charge in [-0.3, -0.25) is 4.79 Å². The molecular formula is C21H24ClF2NO3S. The van der Waals surface area contributed by atoms with Crippen molar-refractivity contribution in [2.24, 2.45) is 5.92 Å². The lowest BCUT2D eigenvalue weighted by Crippen LogP contribution is -2.35. The van der Waals surface area contributed by atoms with Gasteiger partial charge in [0.05, 0.1) is 17.7 Å². The van der Waals surface area contributed by atoms with Crippen molar-refractivity contribution in [2.75, 3.05) is 13.7 Å². The van der Waals surface area contributed by atoms with E-state index in [1.807, 2.05) is 4.90 Å². The third-order valence-electron chi connectivity index (χ3n) is 5.44. The first-order valence-electron chi connectivity index (χ1n) is 9.42. The van der Waals surface area contributed by atoms with Crippen LogP contribution in [0, 0.1) is 5.92 Å². The van der Waals surface area contributed by atoms with Gasteiger partial charge in [-0.2, -0.15) is 0 Å². The summed E-state index contributed by atoms with van der Waals surface area (Å²) < 4.78 is 32.2. The molecule has 1 aromatic carbocycles. The van der Waals surface area contributed by atoms with Gasteiger partial charge in [-0.25, -0.2) is 8.78 Å². The first-order valence-corrected chi connectivity index (χ1v) is 10.6. The van der Waals surface area contributed by atoms with E-state index in [-0.39, 0.29) is 10.7 Å². The van der Waals surface area contributed by atoms with Crippen molar-refractivity contribution < 1.29 is 23.4 Å². The Balaban J connectivity index is 1.96. The van der Waals surface area contributed by atoms with Crippen molar-refractivity contribution in [3.63, 3.8) is 0 Å². The Morgan fingerprint density at radius 2 is 2.17 bits per heavy atom. The molecule has 1 aliphatic heterocycles. The minimum absolute atomic E-state index is 0.170. The topological polar surface area (TPSA) is 49.8 Å². The first kappa shape index (κ1) is 22.1. The number of aliphatic hydroxyl groups is 1. The van der Waals surface area contributed by atoms with Crippen LogP contribution in [0.15, 0.2) is 39.9 Å². The number of alkyl halides is 2. The van der Waals surface area contributed by atoms with Crippen LogP contribution in [0.1, 0.15) is 43.5 Å². The number of thioether (sulfide) groups is 1. The Morgan fingerprint density at radius 1 is 1.48 bits per heavy atom. The summed E-state index contributed by atoms with van der Waals surface area (Å²) in [6, 6.07) is 4.76. The molecule has 158 valence electrons. The number of hydrogen-bond donors (Lipinski definition) is 1. The largest absolute Gasteiger partial charge is 0.496 e. The first-order chi connectivity index (χ1) is 13.6. The number of nitrogens with zero attached hydrogens (tertiary/aromatic N) is 1. The van der Waals surface area contributed by atoms with E-state index in [0.29, 0.717) is 39.5 Å². The van der Waals surface area contributed by atoms with E-state index in [0.717, 1.165) is 37.9 Å². The van der Waals surface area contributed by atoms with E-state index >= 15 is 0 Å². The monoisotopic (exact) mass is 443 g/mol. The van der Waals surface area contributed by atoms with Crippen molar-refractivity contribution in [2.45, 2.75) is 45.1 Å². The zero-order chi connectivity index (χ0) is 21.3. The fourth-order valence-electron chi connectivity index (χ4n) is 3.42. The maximum Gasteiger partial charge on any atom is 0.271 e. The Kier molecular flexibility index (Phi) is 6.61. The molecule has 0 amide bonds. The summed E-state index contributed by atoms with van der Waals surface area (Å²) in [5.74, 6) is 0.492. The highest BCUT2D eigenvalue weighted by atomic mass is 35.5. The predicted molar refractivity (Wildman–Crippen MR) is 111 cm³/mol. The molecule has 4 nitrogen and oxygen atoms in total. The molecule has 1 aromatic rings. The van der Waals surface area contributed by atoms with Gasteiger partial charge in [0.25, 0.3) is 6.43 Å². The van der Waals surface area contributed by atoms with Crippen LogP contribution in [0.25, 0.3) is 0 Å². The molecule has 0 spiro atoms. The number of methoxy groups -OCH3 is 1. The Bertz CT molecular complexity index is 865. The fraction of sp³-hybridized carbons (Fsp3) is 0.476. The fourth-order valence-corrected chi connectivity index (χ4v) is 4.84. The average Bonchev–Trinajstić information content (AvgIpc) is 2.94. The van der Waals surface area contributed by atoms with E-state index in [1.54, 1.807) is 19.1 Å². The molecule has 1 saturated carbocycles. The molecule has 1 fully saturated rings. The summed E-state index contributed by atoms with van der Waals surface area (Å²) in [5.41, 5.74) is -1.42. The van der Waals surface area contributed by atoms with Gasteiger partial charge < -0.3 is 14.7 Å². The van der Waals surface area contributed by atoms with Crippen LogP contribution in [0.2, 0.25) is 5.02 Å². The molecule has 1 N–H and O–H groups in total. The molecule has 8 heteroatoms. The lowest BCUT2D eigenvalue weighted by Gasteiger charge is -2.32. The van der Waals surface area contributed by atoms with Gasteiger partial charge in [-0.1, -0.05) is 29.8 Å². The van der Waals surface area contributed by atoms with Crippen molar-refractivity contribution in [1.29, 1.82) is 0 Å². The van der Waals surface area contributed by atoms with E-state index in [2.05, 4.69) is 0 Å². The minimum Gasteiger partial charge on any atom is -0.496 e. The number of ketones is 1. The highest BCUT2D eigenvalue weighted by Crippen LogP contribution is 2.49. The number of hydrogen-bond acceptors (Lipinski definition) is 5. The van der Waals surface area contributed by atoms with E-state index < -0.39 is 12.0 Å². The van der Waals surface area contributed by atoms with Crippen LogP contribution < -0.4 is 4.74 Å². The molecule has 1 atom stereocenters. The lowest BCUT2D eigenvalue weighted by molar-refractivity contribution is -0.0521. The molecule has 0 bridgehead atoms. The van der Waals surface area contributed by atoms with Crippen LogP contribution in [0.4, 0.5) is 8.78 Å².